The van der Waals surface area contributed by atoms with Gasteiger partial charge < -0.3 is 19.8 Å². The summed E-state index contributed by atoms with van der Waals surface area (Å²) in [6.07, 6.45) is 2.87. The van der Waals surface area contributed by atoms with Crippen molar-refractivity contribution in [1.82, 2.24) is 9.55 Å². The van der Waals surface area contributed by atoms with E-state index in [2.05, 4.69) is 17.6 Å². The van der Waals surface area contributed by atoms with E-state index in [0.717, 1.165) is 54.2 Å². The van der Waals surface area contributed by atoms with E-state index in [0.29, 0.717) is 6.61 Å². The Labute approximate surface area is 154 Å². The quantitative estimate of drug-likeness (QED) is 0.582. The summed E-state index contributed by atoms with van der Waals surface area (Å²) in [6.45, 7) is 3.63. The predicted molar refractivity (Wildman–Crippen MR) is 105 cm³/mol. The first-order valence-electron chi connectivity index (χ1n) is 9.20. The standard InChI is InChI=1S/C21H27N3O2/c1-3-7-18(22)21-23-19-8-4-5-9-20(19)24(21)14-6-15-26-17-12-10-16(25-2)11-13-17/h4-5,8-13,18H,3,6-7,14-15,22H2,1-2H3. The van der Waals surface area contributed by atoms with Crippen LogP contribution in [0.15, 0.2) is 48.5 Å². The average Bonchev–Trinajstić information content (AvgIpc) is 3.05. The Hall–Kier alpha value is -2.53. The molecule has 0 fully saturated rings. The first-order chi connectivity index (χ1) is 12.7. The van der Waals surface area contributed by atoms with Crippen molar-refractivity contribution in [2.45, 2.75) is 38.8 Å². The predicted octanol–water partition coefficient (Wildman–Crippen LogP) is 4.31. The number of benzene rings is 2. The molecule has 0 radical (unpaired) electrons. The van der Waals surface area contributed by atoms with Crippen LogP contribution < -0.4 is 15.2 Å². The molecule has 0 spiro atoms. The molecule has 0 bridgehead atoms. The second-order valence-electron chi connectivity index (χ2n) is 6.38. The van der Waals surface area contributed by atoms with Crippen LogP contribution in [0.4, 0.5) is 0 Å². The van der Waals surface area contributed by atoms with Crippen LogP contribution in [0.2, 0.25) is 0 Å². The molecule has 1 heterocycles. The minimum absolute atomic E-state index is 0.0325. The number of aromatic nitrogens is 2. The second-order valence-corrected chi connectivity index (χ2v) is 6.38. The van der Waals surface area contributed by atoms with E-state index in [1.54, 1.807) is 7.11 Å². The van der Waals surface area contributed by atoms with Gasteiger partial charge in [-0.25, -0.2) is 4.98 Å². The summed E-state index contributed by atoms with van der Waals surface area (Å²) in [4.78, 5) is 4.77. The highest BCUT2D eigenvalue weighted by Crippen LogP contribution is 2.23. The highest BCUT2D eigenvalue weighted by Gasteiger charge is 2.16. The van der Waals surface area contributed by atoms with Crippen molar-refractivity contribution < 1.29 is 9.47 Å². The number of ether oxygens (including phenoxy) is 2. The monoisotopic (exact) mass is 353 g/mol. The minimum Gasteiger partial charge on any atom is -0.497 e. The van der Waals surface area contributed by atoms with Crippen molar-refractivity contribution in [1.29, 1.82) is 0 Å². The molecule has 1 unspecified atom stereocenters. The molecule has 2 aromatic carbocycles. The summed E-state index contributed by atoms with van der Waals surface area (Å²) in [5.74, 6) is 2.65. The molecular weight excluding hydrogens is 326 g/mol. The first kappa shape index (κ1) is 18.3. The van der Waals surface area contributed by atoms with E-state index in [1.165, 1.54) is 0 Å². The van der Waals surface area contributed by atoms with Gasteiger partial charge in [0.1, 0.15) is 17.3 Å². The van der Waals surface area contributed by atoms with Gasteiger partial charge in [-0.3, -0.25) is 0 Å². The van der Waals surface area contributed by atoms with Crippen molar-refractivity contribution >= 4 is 11.0 Å². The fourth-order valence-electron chi connectivity index (χ4n) is 3.14. The van der Waals surface area contributed by atoms with Crippen LogP contribution >= 0.6 is 0 Å². The Balaban J connectivity index is 1.66. The van der Waals surface area contributed by atoms with E-state index in [-0.39, 0.29) is 6.04 Å². The lowest BCUT2D eigenvalue weighted by Gasteiger charge is -2.14. The summed E-state index contributed by atoms with van der Waals surface area (Å²) in [7, 11) is 1.66. The molecule has 1 aromatic heterocycles. The van der Waals surface area contributed by atoms with Gasteiger partial charge in [0.2, 0.25) is 0 Å². The van der Waals surface area contributed by atoms with Gasteiger partial charge in [-0.1, -0.05) is 25.5 Å². The van der Waals surface area contributed by atoms with Gasteiger partial charge in [0.05, 0.1) is 30.8 Å². The van der Waals surface area contributed by atoms with Crippen molar-refractivity contribution in [3.05, 3.63) is 54.4 Å². The Morgan fingerprint density at radius 1 is 1.08 bits per heavy atom. The van der Waals surface area contributed by atoms with Crippen molar-refractivity contribution in [2.75, 3.05) is 13.7 Å². The number of hydrogen-bond acceptors (Lipinski definition) is 4. The van der Waals surface area contributed by atoms with Gasteiger partial charge >= 0.3 is 0 Å². The number of hydrogen-bond donors (Lipinski definition) is 1. The maximum absolute atomic E-state index is 6.37. The molecule has 0 aliphatic heterocycles. The number of nitrogens with two attached hydrogens (primary N) is 1. The second kappa shape index (κ2) is 8.72. The molecule has 1 atom stereocenters. The van der Waals surface area contributed by atoms with Gasteiger partial charge in [-0.05, 0) is 49.2 Å². The highest BCUT2D eigenvalue weighted by atomic mass is 16.5. The fourth-order valence-corrected chi connectivity index (χ4v) is 3.14. The summed E-state index contributed by atoms with van der Waals surface area (Å²) in [5, 5.41) is 0. The van der Waals surface area contributed by atoms with Crippen LogP contribution in [0, 0.1) is 0 Å². The third-order valence-corrected chi connectivity index (χ3v) is 4.47. The van der Waals surface area contributed by atoms with Crippen LogP contribution in [0.25, 0.3) is 11.0 Å². The molecule has 0 amide bonds. The Bertz CT molecular complexity index is 827. The van der Waals surface area contributed by atoms with Crippen LogP contribution in [-0.2, 0) is 6.54 Å². The largest absolute Gasteiger partial charge is 0.497 e. The molecule has 0 aliphatic carbocycles. The van der Waals surface area contributed by atoms with E-state index >= 15 is 0 Å². The van der Waals surface area contributed by atoms with Gasteiger partial charge in [0.15, 0.2) is 0 Å². The Morgan fingerprint density at radius 2 is 1.81 bits per heavy atom. The minimum atomic E-state index is -0.0325. The number of para-hydroxylation sites is 2. The molecule has 3 aromatic rings. The lowest BCUT2D eigenvalue weighted by molar-refractivity contribution is 0.300. The lowest BCUT2D eigenvalue weighted by Crippen LogP contribution is -2.17. The molecule has 5 nitrogen and oxygen atoms in total. The Morgan fingerprint density at radius 3 is 2.54 bits per heavy atom. The van der Waals surface area contributed by atoms with Crippen LogP contribution in [0.5, 0.6) is 11.5 Å². The Kier molecular flexibility index (Phi) is 6.12. The topological polar surface area (TPSA) is 62.3 Å². The molecule has 2 N–H and O–H groups in total. The summed E-state index contributed by atoms with van der Waals surface area (Å²) in [6, 6.07) is 15.8. The van der Waals surface area contributed by atoms with E-state index in [4.69, 9.17) is 20.2 Å². The van der Waals surface area contributed by atoms with Crippen LogP contribution in [0.1, 0.15) is 38.1 Å². The molecule has 26 heavy (non-hydrogen) atoms. The molecule has 5 heteroatoms. The lowest BCUT2D eigenvalue weighted by atomic mass is 10.1. The van der Waals surface area contributed by atoms with Gasteiger partial charge in [-0.15, -0.1) is 0 Å². The number of nitrogens with zero attached hydrogens (tertiary/aromatic N) is 2. The van der Waals surface area contributed by atoms with Crippen molar-refractivity contribution in [3.63, 3.8) is 0 Å². The smallest absolute Gasteiger partial charge is 0.126 e. The number of methoxy groups -OCH3 is 1. The number of rotatable bonds is 9. The molecule has 3 rings (SSSR count). The zero-order chi connectivity index (χ0) is 18.4. The molecule has 138 valence electrons. The van der Waals surface area contributed by atoms with Gasteiger partial charge in [0.25, 0.3) is 0 Å². The van der Waals surface area contributed by atoms with E-state index in [1.807, 2.05) is 42.5 Å². The molecule has 0 saturated heterocycles. The third-order valence-electron chi connectivity index (χ3n) is 4.47. The molecule has 0 saturated carbocycles. The SMILES string of the molecule is CCCC(N)c1nc2ccccc2n1CCCOc1ccc(OC)cc1. The summed E-state index contributed by atoms with van der Waals surface area (Å²) >= 11 is 0. The fraction of sp³-hybridized carbons (Fsp3) is 0.381. The maximum Gasteiger partial charge on any atom is 0.126 e. The third kappa shape index (κ3) is 4.17. The van der Waals surface area contributed by atoms with Gasteiger partial charge in [0, 0.05) is 6.54 Å². The summed E-state index contributed by atoms with van der Waals surface area (Å²) in [5.41, 5.74) is 8.51. The zero-order valence-electron chi connectivity index (χ0n) is 15.5. The molecule has 0 aliphatic rings. The normalized spacial score (nSPS) is 12.3. The van der Waals surface area contributed by atoms with E-state index in [9.17, 15) is 0 Å². The number of imidazole rings is 1. The average molecular weight is 353 g/mol. The van der Waals surface area contributed by atoms with Crippen LogP contribution in [0.3, 0.4) is 0 Å². The summed E-state index contributed by atoms with van der Waals surface area (Å²) < 4.78 is 13.2. The van der Waals surface area contributed by atoms with E-state index < -0.39 is 0 Å². The van der Waals surface area contributed by atoms with Crippen molar-refractivity contribution in [3.8, 4) is 11.5 Å². The number of fused-ring (bicyclic) bond motifs is 1. The van der Waals surface area contributed by atoms with Crippen molar-refractivity contribution in [2.24, 2.45) is 5.73 Å². The first-order valence-corrected chi connectivity index (χ1v) is 9.20. The number of aryl methyl sites for hydroxylation is 1. The van der Waals surface area contributed by atoms with Gasteiger partial charge in [-0.2, -0.15) is 0 Å². The molecular formula is C21H27N3O2. The maximum atomic E-state index is 6.37. The zero-order valence-corrected chi connectivity index (χ0v) is 15.5. The highest BCUT2D eigenvalue weighted by molar-refractivity contribution is 5.76. The van der Waals surface area contributed by atoms with Crippen LogP contribution in [-0.4, -0.2) is 23.3 Å².